The Labute approximate surface area is 745 Å². The summed E-state index contributed by atoms with van der Waals surface area (Å²) in [5.41, 5.74) is 18.7. The molecule has 6 N–H and O–H groups in total. The van der Waals surface area contributed by atoms with Crippen molar-refractivity contribution >= 4 is 70.8 Å². The molecule has 0 saturated carbocycles. The van der Waals surface area contributed by atoms with Crippen molar-refractivity contribution in [1.82, 2.24) is 55.5 Å². The molecule has 0 unspecified atom stereocenters. The van der Waals surface area contributed by atoms with Gasteiger partial charge in [0, 0.05) is 118 Å². The summed E-state index contributed by atoms with van der Waals surface area (Å²) in [5.74, 6) is 3.09. The average Bonchev–Trinajstić information content (AvgIpc) is 1.55. The number of carbonyl (C=O) groups excluding carboxylic acids is 7. The number of H-pyrrole nitrogens is 2. The first-order valence-electron chi connectivity index (χ1n) is 43.6. The fourth-order valence-electron chi connectivity index (χ4n) is 18.6. The number of carboxylic acids is 1. The number of aliphatic imine (C=N–C) groups is 2. The number of likely N-dealkylation sites (tertiary alicyclic amines) is 4. The van der Waals surface area contributed by atoms with Crippen molar-refractivity contribution < 1.29 is 86.1 Å². The predicted octanol–water partition coefficient (Wildman–Crippen LogP) is 16.9. The van der Waals surface area contributed by atoms with Gasteiger partial charge in [-0.25, -0.2) is 38.7 Å². The number of alkyl carbamates (subject to hydrolysis) is 3. The van der Waals surface area contributed by atoms with Crippen LogP contribution in [-0.4, -0.2) is 175 Å². The lowest BCUT2D eigenvalue weighted by Gasteiger charge is -2.31. The molecule has 0 spiro atoms. The number of allylic oxidation sites excluding steroid dienone is 2. The van der Waals surface area contributed by atoms with Gasteiger partial charge in [0.2, 0.25) is 5.91 Å². The van der Waals surface area contributed by atoms with Gasteiger partial charge in [0.1, 0.15) is 84.4 Å². The number of carboxylic acid groups (broad SMARTS) is 1. The highest BCUT2D eigenvalue weighted by atomic mass is 16.6. The number of ether oxygens (including phenoxy) is 9. The summed E-state index contributed by atoms with van der Waals surface area (Å²) in [4.78, 5) is 134. The van der Waals surface area contributed by atoms with Crippen LogP contribution in [-0.2, 0) is 64.5 Å². The van der Waals surface area contributed by atoms with E-state index >= 15 is 0 Å². The number of aromatic nitrogens is 4. The Morgan fingerprint density at radius 1 is 0.419 bits per heavy atom. The average molecular weight is 1750 g/mol. The van der Waals surface area contributed by atoms with Gasteiger partial charge in [-0.3, -0.25) is 29.4 Å². The lowest BCUT2D eigenvalue weighted by molar-refractivity contribution is -0.139. The zero-order valence-electron chi connectivity index (χ0n) is 73.3. The van der Waals surface area contributed by atoms with Crippen LogP contribution >= 0.6 is 0 Å². The van der Waals surface area contributed by atoms with E-state index < -0.39 is 53.6 Å². The Morgan fingerprint density at radius 3 is 1.09 bits per heavy atom. The van der Waals surface area contributed by atoms with Crippen LogP contribution in [0.25, 0.3) is 55.9 Å². The van der Waals surface area contributed by atoms with Crippen LogP contribution in [0.2, 0.25) is 0 Å². The van der Waals surface area contributed by atoms with Crippen molar-refractivity contribution in [1.29, 1.82) is 0 Å². The van der Waals surface area contributed by atoms with Gasteiger partial charge in [-0.2, -0.15) is 0 Å². The third kappa shape index (κ3) is 18.4. The first-order chi connectivity index (χ1) is 62.2. The number of nitrogens with zero attached hydrogens (tertiary/aromatic N) is 8. The number of imidazole rings is 2. The molecular formula is C98H103N13O18. The standard InChI is InChI=1S/C49H47N7O8.C39H45N5O6.C10H11NO4/c1-61-48(59)53-43(28-11-5-3-6-12-28)46(57)55-17-9-15-37(55)35-21-32(24-50-35)30-19-33-26-64-40-23-31(20-34-27-63-39(22-30)41(33)42(34)40)36-25-51-45(52-36)38-16-10-18-56(38)47(58)44(54-49(60)62-2)29-13-7-4-8-14-29;1-38(2,3)49-36(45)43-11-7-9-29(43)27-15-24(18-40-27)22-13-25-20-48-32-17-23(14-26-21-47-31(16-22)33(25)34(26)32)28-19-41-35(42-28)30-10-8-12-44(30)37(46)50-39(4,5)6;1-15-10(14)11-8(9(12)13)7-5-3-2-4-6-7/h3-8,11-14,19-20,22-25,37-38,43-44H,9-10,15-18,21,26-27H2,1-2H3,(H,51,52)(H,53,59)(H,54,60);13-14,16-19,29-30H,7-12,15,20-21H2,1-6H3,(H,41,42);2-6,8H,1H3,(H,11,14)(H,12,13)/t37-,38-,43+,44+;29-,30-;8-/m001/s1. The van der Waals surface area contributed by atoms with Gasteiger partial charge in [-0.1, -0.05) is 91.0 Å². The second kappa shape index (κ2) is 36.6. The number of amides is 7. The molecule has 7 amide bonds. The molecule has 0 bridgehead atoms. The molecule has 9 aromatic rings. The summed E-state index contributed by atoms with van der Waals surface area (Å²) >= 11 is 0. The molecule has 31 nitrogen and oxygen atoms in total. The number of carbonyl (C=O) groups is 8. The second-order valence-electron chi connectivity index (χ2n) is 35.3. The maximum atomic E-state index is 14.1. The van der Waals surface area contributed by atoms with E-state index in [0.29, 0.717) is 88.0 Å². The highest BCUT2D eigenvalue weighted by molar-refractivity contribution is 6.06. The fraction of sp³-hybridized carbons (Fsp3) is 0.367. The molecule has 129 heavy (non-hydrogen) atoms. The number of rotatable bonds is 17. The molecule has 2 aromatic heterocycles. The van der Waals surface area contributed by atoms with Crippen molar-refractivity contribution in [2.24, 2.45) is 9.98 Å². The van der Waals surface area contributed by atoms with Gasteiger partial charge in [-0.15, -0.1) is 0 Å². The maximum Gasteiger partial charge on any atom is 0.410 e. The van der Waals surface area contributed by atoms with Crippen LogP contribution in [0.1, 0.15) is 198 Å². The lowest BCUT2D eigenvalue weighted by Crippen LogP contribution is -2.47. The quantitative estimate of drug-likeness (QED) is 0.0461. The number of nitrogens with one attached hydrogen (secondary N) is 5. The topological polar surface area (TPSA) is 371 Å². The Bertz CT molecular complexity index is 5890. The number of hydrogen-bond acceptors (Lipinski definition) is 21. The molecule has 12 heterocycles. The summed E-state index contributed by atoms with van der Waals surface area (Å²) in [6.45, 7) is 15.3. The molecule has 7 aromatic carbocycles. The van der Waals surface area contributed by atoms with E-state index in [1.165, 1.54) is 21.3 Å². The highest BCUT2D eigenvalue weighted by Crippen LogP contribution is 2.54. The second-order valence-corrected chi connectivity index (χ2v) is 35.3. The van der Waals surface area contributed by atoms with Crippen LogP contribution < -0.4 is 34.9 Å². The van der Waals surface area contributed by atoms with Crippen LogP contribution in [0.3, 0.4) is 0 Å². The van der Waals surface area contributed by atoms with Crippen molar-refractivity contribution in [2.45, 2.75) is 186 Å². The molecule has 668 valence electrons. The fourth-order valence-corrected chi connectivity index (χ4v) is 18.6. The molecule has 0 radical (unpaired) electrons. The summed E-state index contributed by atoms with van der Waals surface area (Å²) in [5, 5.41) is 16.6. The van der Waals surface area contributed by atoms with Gasteiger partial charge < -0.3 is 83.5 Å². The van der Waals surface area contributed by atoms with Gasteiger partial charge in [0.25, 0.3) is 5.91 Å². The molecule has 4 fully saturated rings. The van der Waals surface area contributed by atoms with E-state index in [2.05, 4.69) is 73.1 Å². The monoisotopic (exact) mass is 1750 g/mol. The summed E-state index contributed by atoms with van der Waals surface area (Å²) in [6, 6.07) is 40.1. The zero-order valence-corrected chi connectivity index (χ0v) is 73.3. The van der Waals surface area contributed by atoms with E-state index in [-0.39, 0.29) is 48.2 Å². The van der Waals surface area contributed by atoms with Crippen molar-refractivity contribution in [3.8, 4) is 67.8 Å². The van der Waals surface area contributed by atoms with Gasteiger partial charge >= 0.3 is 36.4 Å². The van der Waals surface area contributed by atoms with Crippen LogP contribution in [0.4, 0.5) is 24.0 Å². The van der Waals surface area contributed by atoms with Crippen LogP contribution in [0.5, 0.6) is 23.0 Å². The molecule has 10 aliphatic heterocycles. The summed E-state index contributed by atoms with van der Waals surface area (Å²) in [6.07, 6.45) is 12.7. The van der Waals surface area contributed by atoms with Gasteiger partial charge in [-0.05, 0) is 180 Å². The first kappa shape index (κ1) is 86.8. The molecule has 31 heteroatoms. The zero-order chi connectivity index (χ0) is 90.1. The molecule has 7 atom stereocenters. The Balaban J connectivity index is 0.000000159. The van der Waals surface area contributed by atoms with E-state index in [4.69, 9.17) is 63.0 Å². The van der Waals surface area contributed by atoms with Crippen LogP contribution in [0, 0.1) is 0 Å². The van der Waals surface area contributed by atoms with Crippen LogP contribution in [0.15, 0.2) is 174 Å². The maximum absolute atomic E-state index is 14.1. The predicted molar refractivity (Wildman–Crippen MR) is 477 cm³/mol. The van der Waals surface area contributed by atoms with Gasteiger partial charge in [0.15, 0.2) is 6.04 Å². The third-order valence-electron chi connectivity index (χ3n) is 24.6. The van der Waals surface area contributed by atoms with Gasteiger partial charge in [0.05, 0.1) is 69.3 Å². The normalized spacial score (nSPS) is 18.9. The summed E-state index contributed by atoms with van der Waals surface area (Å²) in [7, 11) is 3.74. The Kier molecular flexibility index (Phi) is 24.6. The largest absolute Gasteiger partial charge is 0.488 e. The van der Waals surface area contributed by atoms with Crippen molar-refractivity contribution in [2.75, 3.05) is 47.5 Å². The highest BCUT2D eigenvalue weighted by Gasteiger charge is 2.44. The number of benzene rings is 7. The van der Waals surface area contributed by atoms with E-state index in [1.54, 1.807) is 46.3 Å². The Morgan fingerprint density at radius 2 is 0.729 bits per heavy atom. The van der Waals surface area contributed by atoms with Crippen molar-refractivity contribution in [3.05, 3.63) is 226 Å². The molecule has 19 rings (SSSR count). The lowest BCUT2D eigenvalue weighted by atomic mass is 9.86. The molecular weight excluding hydrogens is 1650 g/mol. The summed E-state index contributed by atoms with van der Waals surface area (Å²) < 4.78 is 51.2. The number of methoxy groups -OCH3 is 3. The SMILES string of the molecule is CC(C)(C)OC(=O)N1CCC[C@H]1C1=NC=C(c2cc3c4c(c2)OCc2cc(-c5cnc([C@@H]6CCCN6C(=O)OC(C)(C)C)[nH]5)cc(c2-4)OC3)C1.COC(=O)N[C@@H](C(=O)N1CCC[C@H]1C1=NC=C(c2cc3c4c(c2)OCc2cc(-c5cnc([C@@H]6CCCN6C(=O)[C@H](NC(=O)OC)c6ccccc6)[nH]5)cc(c2-4)OC3)C1)c1ccccc1.COC(=O)N[C@@H](C(=O)O)c1ccccc1. The molecule has 10 aliphatic rings. The smallest absolute Gasteiger partial charge is 0.410 e. The molecule has 4 saturated heterocycles. The minimum atomic E-state index is -1.13. The van der Waals surface area contributed by atoms with Crippen molar-refractivity contribution in [3.63, 3.8) is 0 Å². The van der Waals surface area contributed by atoms with E-state index in [9.17, 15) is 38.4 Å². The minimum Gasteiger partial charge on any atom is -0.488 e. The first-order valence-corrected chi connectivity index (χ1v) is 43.6. The Hall–Kier alpha value is -14.3. The number of aliphatic carboxylic acids is 1. The number of hydrogen-bond donors (Lipinski definition) is 6. The minimum absolute atomic E-state index is 0.0502. The van der Waals surface area contributed by atoms with E-state index in [0.717, 1.165) is 181 Å². The molecule has 0 aliphatic carbocycles. The third-order valence-corrected chi connectivity index (χ3v) is 24.6. The number of aromatic amines is 2. The van der Waals surface area contributed by atoms with E-state index in [1.807, 2.05) is 137 Å².